The van der Waals surface area contributed by atoms with Gasteiger partial charge in [0.15, 0.2) is 0 Å². The van der Waals surface area contributed by atoms with Crippen LogP contribution in [-0.4, -0.2) is 41.0 Å². The first-order chi connectivity index (χ1) is 17.1. The molecule has 1 aromatic carbocycles. The highest BCUT2D eigenvalue weighted by molar-refractivity contribution is 6.31. The molecule has 0 saturated carbocycles. The first-order valence-corrected chi connectivity index (χ1v) is 8.69. The Bertz CT molecular complexity index is 1230. The number of carbonyl (C=O) groups is 1. The van der Waals surface area contributed by atoms with E-state index in [2.05, 4.69) is 4.98 Å². The van der Waals surface area contributed by atoms with E-state index in [4.69, 9.17) is 25.3 Å². The fourth-order valence-electron chi connectivity index (χ4n) is 2.38. The molecule has 0 aliphatic carbocycles. The van der Waals surface area contributed by atoms with Crippen LogP contribution in [0, 0.1) is 5.82 Å². The molecule has 4 nitrogen and oxygen atoms in total. The van der Waals surface area contributed by atoms with Crippen molar-refractivity contribution in [1.29, 1.82) is 0 Å². The van der Waals surface area contributed by atoms with E-state index in [9.17, 15) is 9.18 Å². The van der Waals surface area contributed by atoms with E-state index in [-0.39, 0.29) is 11.1 Å². The summed E-state index contributed by atoms with van der Waals surface area (Å²) in [5.74, 6) is -1.99. The normalized spacial score (nSPS) is 30.1. The lowest BCUT2D eigenvalue weighted by Gasteiger charge is -2.36. The van der Waals surface area contributed by atoms with Gasteiger partial charge in [0.2, 0.25) is 0 Å². The molecule has 150 valence electrons. The molecule has 1 amide bonds. The Morgan fingerprint density at radius 3 is 2.96 bits per heavy atom. The van der Waals surface area contributed by atoms with Crippen molar-refractivity contribution in [3.63, 3.8) is 0 Å². The second-order valence-corrected chi connectivity index (χ2v) is 6.34. The summed E-state index contributed by atoms with van der Waals surface area (Å²) in [6.07, 6.45) is -5.56. The zero-order chi connectivity index (χ0) is 29.1. The number of hydrogen-bond acceptors (Lipinski definition) is 3. The van der Waals surface area contributed by atoms with Crippen LogP contribution in [0.1, 0.15) is 55.0 Å². The lowest BCUT2D eigenvalue weighted by Crippen LogP contribution is -2.48. The molecule has 0 radical (unpaired) electrons. The summed E-state index contributed by atoms with van der Waals surface area (Å²) < 4.78 is 111. The molecule has 1 aliphatic rings. The summed E-state index contributed by atoms with van der Waals surface area (Å²) in [4.78, 5) is 17.1. The molecule has 2 heterocycles. The molecule has 7 heteroatoms. The number of halogens is 3. The Labute approximate surface area is 183 Å². The van der Waals surface area contributed by atoms with Crippen LogP contribution in [0.3, 0.4) is 0 Å². The molecule has 3 rings (SSSR count). The summed E-state index contributed by atoms with van der Waals surface area (Å²) in [6.45, 7) is -9.44. The molecule has 1 N–H and O–H groups in total. The standard InChI is InChI=1S/C21H24ClF2N3O/c1-2-15-3-5-17(26-12-15)13-25-14-21(24)7-9-27(10-8-21)20(28)16-4-6-19(23)18(22)11-16/h3-6,11-12,25H,2,7-10,13-14H2,1H3/i2D2,7D2,9D2,13D2,14D2. The van der Waals surface area contributed by atoms with E-state index < -0.39 is 73.3 Å². The molecule has 1 unspecified atom stereocenters. The Hall–Kier alpha value is -2.05. The van der Waals surface area contributed by atoms with Gasteiger partial charge in [0.25, 0.3) is 5.91 Å². The summed E-state index contributed by atoms with van der Waals surface area (Å²) in [5.41, 5.74) is -4.35. The van der Waals surface area contributed by atoms with Crippen molar-refractivity contribution in [2.75, 3.05) is 19.5 Å². The summed E-state index contributed by atoms with van der Waals surface area (Å²) in [6, 6.07) is 5.02. The zero-order valence-corrected chi connectivity index (χ0v) is 15.6. The van der Waals surface area contributed by atoms with E-state index in [0.717, 1.165) is 30.5 Å². The van der Waals surface area contributed by atoms with Crippen LogP contribution in [0.5, 0.6) is 0 Å². The number of pyridine rings is 1. The van der Waals surface area contributed by atoms with E-state index in [0.29, 0.717) is 4.90 Å². The van der Waals surface area contributed by atoms with Crippen LogP contribution in [-0.2, 0) is 12.9 Å². The number of alkyl halides is 1. The molecule has 0 bridgehead atoms. The van der Waals surface area contributed by atoms with Crippen LogP contribution in [0.25, 0.3) is 0 Å². The van der Waals surface area contributed by atoms with Crippen molar-refractivity contribution in [3.05, 3.63) is 64.2 Å². The number of carbonyl (C=O) groups excluding carboxylic acids is 1. The third-order valence-corrected chi connectivity index (χ3v) is 4.27. The van der Waals surface area contributed by atoms with Gasteiger partial charge >= 0.3 is 0 Å². The monoisotopic (exact) mass is 417 g/mol. The summed E-state index contributed by atoms with van der Waals surface area (Å²) in [7, 11) is 0. The number of benzene rings is 1. The Balaban J connectivity index is 1.93. The number of likely N-dealkylation sites (tertiary alicyclic amines) is 1. The number of hydrogen-bond donors (Lipinski definition) is 1. The quantitative estimate of drug-likeness (QED) is 0.767. The molecule has 0 spiro atoms. The fraction of sp³-hybridized carbons (Fsp3) is 0.429. The third kappa shape index (κ3) is 5.06. The average molecular weight is 418 g/mol. The number of amides is 1. The number of aryl methyl sites for hydroxylation is 1. The molecule has 1 atom stereocenters. The van der Waals surface area contributed by atoms with Gasteiger partial charge in [-0.2, -0.15) is 0 Å². The molecule has 1 fully saturated rings. The lowest BCUT2D eigenvalue weighted by molar-refractivity contribution is 0.0434. The smallest absolute Gasteiger partial charge is 0.253 e. The second kappa shape index (κ2) is 8.97. The van der Waals surface area contributed by atoms with Gasteiger partial charge in [0.1, 0.15) is 11.5 Å². The van der Waals surface area contributed by atoms with Crippen molar-refractivity contribution >= 4 is 17.5 Å². The number of nitrogens with one attached hydrogen (secondary N) is 1. The highest BCUT2D eigenvalue weighted by Gasteiger charge is 2.35. The summed E-state index contributed by atoms with van der Waals surface area (Å²) >= 11 is 5.68. The highest BCUT2D eigenvalue weighted by atomic mass is 35.5. The van der Waals surface area contributed by atoms with Gasteiger partial charge in [0.05, 0.1) is 10.7 Å². The molecular weight excluding hydrogens is 384 g/mol. The largest absolute Gasteiger partial charge is 0.338 e. The minimum absolute atomic E-state index is 0.103. The molecule has 28 heavy (non-hydrogen) atoms. The van der Waals surface area contributed by atoms with Crippen LogP contribution in [0.2, 0.25) is 5.02 Å². The van der Waals surface area contributed by atoms with Crippen molar-refractivity contribution in [2.24, 2.45) is 0 Å². The van der Waals surface area contributed by atoms with Crippen molar-refractivity contribution in [2.45, 2.75) is 38.3 Å². The first-order valence-electron chi connectivity index (χ1n) is 13.3. The van der Waals surface area contributed by atoms with Gasteiger partial charge in [-0.05, 0) is 36.2 Å². The number of aromatic nitrogens is 1. The minimum Gasteiger partial charge on any atom is -0.338 e. The fourth-order valence-corrected chi connectivity index (χ4v) is 2.56. The van der Waals surface area contributed by atoms with E-state index in [1.807, 2.05) is 0 Å². The van der Waals surface area contributed by atoms with Crippen molar-refractivity contribution in [1.82, 2.24) is 15.2 Å². The van der Waals surface area contributed by atoms with Gasteiger partial charge in [-0.25, -0.2) is 8.78 Å². The van der Waals surface area contributed by atoms with Crippen LogP contribution < -0.4 is 5.32 Å². The maximum absolute atomic E-state index is 16.3. The van der Waals surface area contributed by atoms with Gasteiger partial charge in [-0.1, -0.05) is 24.6 Å². The number of piperidine rings is 1. The minimum atomic E-state index is -3.72. The summed E-state index contributed by atoms with van der Waals surface area (Å²) in [5, 5.41) is 1.32. The van der Waals surface area contributed by atoms with E-state index in [1.165, 1.54) is 13.0 Å². The third-order valence-electron chi connectivity index (χ3n) is 3.98. The number of nitrogens with zero attached hydrogens (tertiary/aromatic N) is 2. The number of rotatable bonds is 6. The predicted octanol–water partition coefficient (Wildman–Crippen LogP) is 4.17. The van der Waals surface area contributed by atoms with E-state index >= 15 is 4.39 Å². The SMILES string of the molecule is [2H]C([2H])(C)c1ccc(C([2H])([2H])NC([2H])([2H])C2(F)CCN(C(=O)c3ccc(F)c(Cl)c3)C([2H])([2H])C2([2H])[2H])nc1. The van der Waals surface area contributed by atoms with Gasteiger partial charge in [-0.3, -0.25) is 9.78 Å². The average Bonchev–Trinajstić information content (AvgIpc) is 2.78. The molecule has 1 saturated heterocycles. The van der Waals surface area contributed by atoms with E-state index in [1.54, 1.807) is 5.32 Å². The Morgan fingerprint density at radius 1 is 1.46 bits per heavy atom. The van der Waals surface area contributed by atoms with Gasteiger partial charge in [-0.15, -0.1) is 0 Å². The van der Waals surface area contributed by atoms with Gasteiger partial charge < -0.3 is 10.2 Å². The lowest BCUT2D eigenvalue weighted by atomic mass is 9.92. The molecular formula is C21H24ClF2N3O. The topological polar surface area (TPSA) is 45.2 Å². The Kier molecular flexibility index (Phi) is 3.59. The van der Waals surface area contributed by atoms with Crippen LogP contribution >= 0.6 is 11.6 Å². The Morgan fingerprint density at radius 2 is 2.29 bits per heavy atom. The second-order valence-electron chi connectivity index (χ2n) is 5.93. The predicted molar refractivity (Wildman–Crippen MR) is 106 cm³/mol. The highest BCUT2D eigenvalue weighted by Crippen LogP contribution is 2.27. The zero-order valence-electron chi connectivity index (χ0n) is 24.8. The van der Waals surface area contributed by atoms with Crippen LogP contribution in [0.15, 0.2) is 36.5 Å². The van der Waals surface area contributed by atoms with Crippen molar-refractivity contribution < 1.29 is 27.3 Å². The maximum atomic E-state index is 16.3. The van der Waals surface area contributed by atoms with Gasteiger partial charge in [0, 0.05) is 64.3 Å². The molecule has 2 aromatic rings. The maximum Gasteiger partial charge on any atom is 0.253 e. The van der Waals surface area contributed by atoms with Crippen LogP contribution in [0.4, 0.5) is 8.78 Å². The molecule has 1 aromatic heterocycles. The first kappa shape index (κ1) is 11.2. The van der Waals surface area contributed by atoms with Crippen molar-refractivity contribution in [3.8, 4) is 0 Å². The molecule has 1 aliphatic heterocycles.